The van der Waals surface area contributed by atoms with E-state index in [2.05, 4.69) is 15.3 Å². The number of ether oxygens (including phenoxy) is 1. The third-order valence-electron chi connectivity index (χ3n) is 3.67. The van der Waals surface area contributed by atoms with Gasteiger partial charge in [-0.1, -0.05) is 6.07 Å². The summed E-state index contributed by atoms with van der Waals surface area (Å²) in [7, 11) is 0. The van der Waals surface area contributed by atoms with Gasteiger partial charge in [0.1, 0.15) is 11.5 Å². The van der Waals surface area contributed by atoms with E-state index < -0.39 is 0 Å². The van der Waals surface area contributed by atoms with Crippen molar-refractivity contribution in [1.82, 2.24) is 9.97 Å². The van der Waals surface area contributed by atoms with Gasteiger partial charge in [-0.25, -0.2) is 0 Å². The summed E-state index contributed by atoms with van der Waals surface area (Å²) in [4.78, 5) is 19.6. The third kappa shape index (κ3) is 3.06. The monoisotopic (exact) mass is 313 g/mol. The maximum absolute atomic E-state index is 12.2. The molecule has 0 aliphatic rings. The molecule has 0 fully saturated rings. The number of aromatic amines is 1. The number of oxazole rings is 1. The van der Waals surface area contributed by atoms with Crippen molar-refractivity contribution in [3.63, 3.8) is 0 Å². The van der Waals surface area contributed by atoms with Crippen molar-refractivity contribution in [2.75, 3.05) is 11.9 Å². The van der Waals surface area contributed by atoms with Gasteiger partial charge in [-0.3, -0.25) is 10.1 Å². The number of anilines is 1. The number of nitrogens with zero attached hydrogens (tertiary/aromatic N) is 1. The van der Waals surface area contributed by atoms with Gasteiger partial charge in [0.15, 0.2) is 0 Å². The van der Waals surface area contributed by atoms with Crippen LogP contribution in [0.3, 0.4) is 0 Å². The molecule has 0 saturated carbocycles. The van der Waals surface area contributed by atoms with E-state index in [1.807, 2.05) is 45.2 Å². The zero-order valence-corrected chi connectivity index (χ0v) is 13.4. The van der Waals surface area contributed by atoms with Gasteiger partial charge in [0.2, 0.25) is 5.91 Å². The number of benzene rings is 1. The van der Waals surface area contributed by atoms with E-state index in [4.69, 9.17) is 9.15 Å². The van der Waals surface area contributed by atoms with Crippen LogP contribution in [0, 0.1) is 13.8 Å². The number of fused-ring (bicyclic) bond motifs is 1. The van der Waals surface area contributed by atoms with Crippen LogP contribution < -0.4 is 10.1 Å². The fourth-order valence-electron chi connectivity index (χ4n) is 2.50. The molecule has 23 heavy (non-hydrogen) atoms. The van der Waals surface area contributed by atoms with Crippen molar-refractivity contribution in [3.8, 4) is 5.75 Å². The van der Waals surface area contributed by atoms with Gasteiger partial charge in [-0.2, -0.15) is 4.98 Å². The van der Waals surface area contributed by atoms with Crippen molar-refractivity contribution in [2.24, 2.45) is 0 Å². The van der Waals surface area contributed by atoms with Gasteiger partial charge in [0.25, 0.3) is 0 Å². The number of carbonyl (C=O) groups excluding carboxylic acids is 1. The number of aryl methyl sites for hydroxylation is 2. The van der Waals surface area contributed by atoms with Crippen LogP contribution in [0.4, 0.5) is 6.01 Å². The first-order valence-corrected chi connectivity index (χ1v) is 7.54. The van der Waals surface area contributed by atoms with Gasteiger partial charge in [-0.15, -0.1) is 0 Å². The van der Waals surface area contributed by atoms with Crippen LogP contribution in [0.5, 0.6) is 5.75 Å². The van der Waals surface area contributed by atoms with E-state index in [9.17, 15) is 4.79 Å². The summed E-state index contributed by atoms with van der Waals surface area (Å²) in [5.41, 5.74) is 2.59. The molecular weight excluding hydrogens is 294 g/mol. The van der Waals surface area contributed by atoms with E-state index >= 15 is 0 Å². The molecule has 1 aromatic carbocycles. The quantitative estimate of drug-likeness (QED) is 0.757. The minimum Gasteiger partial charge on any atom is -0.493 e. The third-order valence-corrected chi connectivity index (χ3v) is 3.67. The Bertz CT molecular complexity index is 829. The zero-order chi connectivity index (χ0) is 16.4. The Labute approximate surface area is 133 Å². The SMILES string of the molecule is CCOc1cccc2[nH]cc(CC(=O)Nc3nc(C)c(C)o3)c12. The molecular formula is C17H19N3O3. The molecule has 0 bridgehead atoms. The molecule has 120 valence electrons. The maximum atomic E-state index is 12.2. The molecule has 0 atom stereocenters. The van der Waals surface area contributed by atoms with Gasteiger partial charge in [-0.05, 0) is 38.5 Å². The highest BCUT2D eigenvalue weighted by Gasteiger charge is 2.15. The lowest BCUT2D eigenvalue weighted by molar-refractivity contribution is -0.115. The highest BCUT2D eigenvalue weighted by atomic mass is 16.5. The number of rotatable bonds is 5. The number of nitrogens with one attached hydrogen (secondary N) is 2. The summed E-state index contributed by atoms with van der Waals surface area (Å²) in [6, 6.07) is 6.02. The Balaban J connectivity index is 1.82. The largest absolute Gasteiger partial charge is 0.493 e. The Hall–Kier alpha value is -2.76. The lowest BCUT2D eigenvalue weighted by atomic mass is 10.1. The van der Waals surface area contributed by atoms with Crippen molar-refractivity contribution >= 4 is 22.8 Å². The van der Waals surface area contributed by atoms with Crippen LogP contribution in [0.1, 0.15) is 23.9 Å². The van der Waals surface area contributed by atoms with Crippen molar-refractivity contribution in [2.45, 2.75) is 27.2 Å². The first-order valence-electron chi connectivity index (χ1n) is 7.54. The molecule has 2 aromatic heterocycles. The minimum absolute atomic E-state index is 0.182. The Morgan fingerprint density at radius 1 is 1.39 bits per heavy atom. The van der Waals surface area contributed by atoms with Crippen LogP contribution >= 0.6 is 0 Å². The summed E-state index contributed by atoms with van der Waals surface area (Å²) >= 11 is 0. The highest BCUT2D eigenvalue weighted by molar-refractivity contribution is 5.96. The van der Waals surface area contributed by atoms with Gasteiger partial charge in [0.05, 0.1) is 18.7 Å². The Morgan fingerprint density at radius 2 is 2.22 bits per heavy atom. The molecule has 3 rings (SSSR count). The number of hydrogen-bond donors (Lipinski definition) is 2. The molecule has 3 aromatic rings. The normalized spacial score (nSPS) is 10.9. The topological polar surface area (TPSA) is 80.2 Å². The average molecular weight is 313 g/mol. The average Bonchev–Trinajstić information content (AvgIpc) is 3.04. The lowest BCUT2D eigenvalue weighted by Crippen LogP contribution is -2.14. The number of hydrogen-bond acceptors (Lipinski definition) is 4. The molecule has 0 aliphatic heterocycles. The molecule has 6 heteroatoms. The summed E-state index contributed by atoms with van der Waals surface area (Å²) in [5, 5.41) is 3.62. The second kappa shape index (κ2) is 6.16. The summed E-state index contributed by atoms with van der Waals surface area (Å²) in [6.07, 6.45) is 2.05. The second-order valence-electron chi connectivity index (χ2n) is 5.31. The molecule has 2 heterocycles. The number of H-pyrrole nitrogens is 1. The predicted octanol–water partition coefficient (Wildman–Crippen LogP) is 3.35. The highest BCUT2D eigenvalue weighted by Crippen LogP contribution is 2.29. The maximum Gasteiger partial charge on any atom is 0.301 e. The summed E-state index contributed by atoms with van der Waals surface area (Å²) in [5.74, 6) is 1.29. The standard InChI is InChI=1S/C17H19N3O3/c1-4-22-14-7-5-6-13-16(14)12(9-18-13)8-15(21)20-17-19-10(2)11(3)23-17/h5-7,9,18H,4,8H2,1-3H3,(H,19,20,21). The molecule has 0 unspecified atom stereocenters. The molecule has 1 amide bonds. The van der Waals surface area contributed by atoms with Gasteiger partial charge < -0.3 is 14.1 Å². The molecule has 0 aliphatic carbocycles. The van der Waals surface area contributed by atoms with Crippen LogP contribution in [0.15, 0.2) is 28.8 Å². The van der Waals surface area contributed by atoms with Crippen LogP contribution in [0.2, 0.25) is 0 Å². The molecule has 0 saturated heterocycles. The first-order chi connectivity index (χ1) is 11.1. The fourth-order valence-corrected chi connectivity index (χ4v) is 2.50. The van der Waals surface area contributed by atoms with E-state index in [-0.39, 0.29) is 18.3 Å². The van der Waals surface area contributed by atoms with Crippen molar-refractivity contribution in [1.29, 1.82) is 0 Å². The van der Waals surface area contributed by atoms with E-state index in [0.29, 0.717) is 12.4 Å². The van der Waals surface area contributed by atoms with Crippen LogP contribution in [-0.4, -0.2) is 22.5 Å². The van der Waals surface area contributed by atoms with Gasteiger partial charge in [0, 0.05) is 17.1 Å². The minimum atomic E-state index is -0.182. The molecule has 6 nitrogen and oxygen atoms in total. The molecule has 0 radical (unpaired) electrons. The second-order valence-corrected chi connectivity index (χ2v) is 5.31. The molecule has 2 N–H and O–H groups in total. The van der Waals surface area contributed by atoms with Gasteiger partial charge >= 0.3 is 6.01 Å². The fraction of sp³-hybridized carbons (Fsp3) is 0.294. The lowest BCUT2D eigenvalue weighted by Gasteiger charge is -2.06. The van der Waals surface area contributed by atoms with Crippen LogP contribution in [-0.2, 0) is 11.2 Å². The Kier molecular flexibility index (Phi) is 4.06. The smallest absolute Gasteiger partial charge is 0.301 e. The predicted molar refractivity (Wildman–Crippen MR) is 87.8 cm³/mol. The first kappa shape index (κ1) is 15.1. The van der Waals surface area contributed by atoms with Crippen molar-refractivity contribution in [3.05, 3.63) is 41.4 Å². The number of amides is 1. The summed E-state index contributed by atoms with van der Waals surface area (Å²) < 4.78 is 11.0. The number of carbonyl (C=O) groups is 1. The zero-order valence-electron chi connectivity index (χ0n) is 13.4. The van der Waals surface area contributed by atoms with E-state index in [0.717, 1.165) is 27.9 Å². The Morgan fingerprint density at radius 3 is 2.91 bits per heavy atom. The molecule has 0 spiro atoms. The van der Waals surface area contributed by atoms with Crippen LogP contribution in [0.25, 0.3) is 10.9 Å². The van der Waals surface area contributed by atoms with E-state index in [1.54, 1.807) is 0 Å². The number of aromatic nitrogens is 2. The van der Waals surface area contributed by atoms with E-state index in [1.165, 1.54) is 0 Å². The summed E-state index contributed by atoms with van der Waals surface area (Å²) in [6.45, 7) is 6.16. The van der Waals surface area contributed by atoms with Crippen molar-refractivity contribution < 1.29 is 13.9 Å².